The summed E-state index contributed by atoms with van der Waals surface area (Å²) in [4.78, 5) is 21.7. The Hall–Kier alpha value is -3.34. The Balaban J connectivity index is 3.30. The molecule has 1 rings (SSSR count). The standard InChI is InChI=1S/C14H12N2O6/c1-3-4-22-14(18)10(8-15)5-9-6-11(16(19)20)13(17)12(7-9)21-2/h3,5-7,17H,1,4H2,2H3/b10-5+. The predicted octanol–water partition coefficient (Wildman–Crippen LogP) is 1.95. The molecule has 0 unspecified atom stereocenters. The van der Waals surface area contributed by atoms with Crippen molar-refractivity contribution in [3.05, 3.63) is 46.0 Å². The third kappa shape index (κ3) is 3.83. The van der Waals surface area contributed by atoms with Gasteiger partial charge in [-0.3, -0.25) is 10.1 Å². The number of aromatic hydroxyl groups is 1. The fourth-order valence-electron chi connectivity index (χ4n) is 1.51. The summed E-state index contributed by atoms with van der Waals surface area (Å²) in [6, 6.07) is 3.90. The molecule has 22 heavy (non-hydrogen) atoms. The number of ether oxygens (including phenoxy) is 2. The number of methoxy groups -OCH3 is 1. The maximum Gasteiger partial charge on any atom is 0.349 e. The first kappa shape index (κ1) is 16.7. The molecule has 0 radical (unpaired) electrons. The van der Waals surface area contributed by atoms with Gasteiger partial charge in [-0.2, -0.15) is 5.26 Å². The minimum Gasteiger partial charge on any atom is -0.500 e. The molecule has 0 bridgehead atoms. The molecule has 1 N–H and O–H groups in total. The van der Waals surface area contributed by atoms with Crippen LogP contribution in [0.4, 0.5) is 5.69 Å². The molecule has 0 saturated carbocycles. The predicted molar refractivity (Wildman–Crippen MR) is 76.1 cm³/mol. The van der Waals surface area contributed by atoms with E-state index in [9.17, 15) is 20.0 Å². The second-order valence-corrected chi connectivity index (χ2v) is 3.90. The first-order chi connectivity index (χ1) is 10.4. The average molecular weight is 304 g/mol. The zero-order valence-electron chi connectivity index (χ0n) is 11.6. The van der Waals surface area contributed by atoms with E-state index in [2.05, 4.69) is 6.58 Å². The number of nitrogens with zero attached hydrogens (tertiary/aromatic N) is 2. The van der Waals surface area contributed by atoms with Crippen molar-refractivity contribution in [3.63, 3.8) is 0 Å². The van der Waals surface area contributed by atoms with Gasteiger partial charge in [0.25, 0.3) is 0 Å². The molecule has 114 valence electrons. The number of phenolic OH excluding ortho intramolecular Hbond substituents is 1. The molecule has 0 fully saturated rings. The normalized spacial score (nSPS) is 10.5. The molecule has 0 saturated heterocycles. The number of nitro benzene ring substituents is 1. The molecular weight excluding hydrogens is 292 g/mol. The van der Waals surface area contributed by atoms with Crippen LogP contribution in [0, 0.1) is 21.4 Å². The Labute approximate surface area is 125 Å². The van der Waals surface area contributed by atoms with Gasteiger partial charge in [-0.05, 0) is 17.7 Å². The SMILES string of the molecule is C=CCOC(=O)/C(C#N)=C/c1cc(OC)c(O)c([N+](=O)[O-])c1. The third-order valence-electron chi connectivity index (χ3n) is 2.48. The summed E-state index contributed by atoms with van der Waals surface area (Å²) in [5.41, 5.74) is -0.834. The minimum absolute atomic E-state index is 0.0725. The number of hydrogen-bond donors (Lipinski definition) is 1. The lowest BCUT2D eigenvalue weighted by Crippen LogP contribution is -2.06. The van der Waals surface area contributed by atoms with Crippen molar-refractivity contribution in [3.8, 4) is 17.6 Å². The number of nitriles is 1. The summed E-state index contributed by atoms with van der Waals surface area (Å²) in [5, 5.41) is 29.5. The Morgan fingerprint density at radius 1 is 1.59 bits per heavy atom. The number of esters is 1. The van der Waals surface area contributed by atoms with Gasteiger partial charge in [0.1, 0.15) is 18.2 Å². The Kier molecular flexibility index (Phi) is 5.66. The number of rotatable bonds is 6. The van der Waals surface area contributed by atoms with Crippen LogP contribution in [0.2, 0.25) is 0 Å². The molecule has 1 aromatic carbocycles. The number of phenols is 1. The average Bonchev–Trinajstić information content (AvgIpc) is 2.50. The van der Waals surface area contributed by atoms with Gasteiger partial charge in [0, 0.05) is 6.07 Å². The third-order valence-corrected chi connectivity index (χ3v) is 2.48. The highest BCUT2D eigenvalue weighted by molar-refractivity contribution is 5.98. The fourth-order valence-corrected chi connectivity index (χ4v) is 1.51. The van der Waals surface area contributed by atoms with E-state index < -0.39 is 22.3 Å². The zero-order chi connectivity index (χ0) is 16.7. The summed E-state index contributed by atoms with van der Waals surface area (Å²) in [6.07, 6.45) is 2.43. The van der Waals surface area contributed by atoms with Crippen molar-refractivity contribution in [2.75, 3.05) is 13.7 Å². The van der Waals surface area contributed by atoms with Crippen LogP contribution in [0.15, 0.2) is 30.4 Å². The van der Waals surface area contributed by atoms with Crippen molar-refractivity contribution in [1.82, 2.24) is 0 Å². The van der Waals surface area contributed by atoms with Crippen molar-refractivity contribution in [2.24, 2.45) is 0 Å². The Morgan fingerprint density at radius 3 is 2.77 bits per heavy atom. The van der Waals surface area contributed by atoms with E-state index in [0.717, 1.165) is 12.1 Å². The molecule has 0 amide bonds. The molecule has 0 aliphatic heterocycles. The summed E-state index contributed by atoms with van der Waals surface area (Å²) in [6.45, 7) is 3.29. The maximum atomic E-state index is 11.6. The van der Waals surface area contributed by atoms with Crippen LogP contribution in [0.3, 0.4) is 0 Å². The largest absolute Gasteiger partial charge is 0.500 e. The van der Waals surface area contributed by atoms with Crippen LogP contribution >= 0.6 is 0 Å². The van der Waals surface area contributed by atoms with E-state index in [0.29, 0.717) is 0 Å². The quantitative estimate of drug-likeness (QED) is 0.213. The van der Waals surface area contributed by atoms with E-state index >= 15 is 0 Å². The summed E-state index contributed by atoms with van der Waals surface area (Å²) in [5.74, 6) is -1.69. The molecule has 0 aromatic heterocycles. The van der Waals surface area contributed by atoms with Crippen LogP contribution in [0.25, 0.3) is 6.08 Å². The van der Waals surface area contributed by atoms with E-state index in [1.807, 2.05) is 0 Å². The summed E-state index contributed by atoms with van der Waals surface area (Å²) < 4.78 is 9.53. The summed E-state index contributed by atoms with van der Waals surface area (Å²) >= 11 is 0. The molecule has 0 aliphatic carbocycles. The van der Waals surface area contributed by atoms with Crippen molar-refractivity contribution < 1.29 is 24.3 Å². The van der Waals surface area contributed by atoms with E-state index in [1.165, 1.54) is 19.3 Å². The molecule has 8 nitrogen and oxygen atoms in total. The number of nitro groups is 1. The molecule has 1 aromatic rings. The van der Waals surface area contributed by atoms with Gasteiger partial charge in [0.05, 0.1) is 12.0 Å². The number of carbonyl (C=O) groups excluding carboxylic acids is 1. The van der Waals surface area contributed by atoms with Crippen molar-refractivity contribution >= 4 is 17.7 Å². The molecule has 8 heteroatoms. The van der Waals surface area contributed by atoms with E-state index in [1.54, 1.807) is 6.07 Å². The van der Waals surface area contributed by atoms with Crippen molar-refractivity contribution in [1.29, 1.82) is 5.26 Å². The molecular formula is C14H12N2O6. The van der Waals surface area contributed by atoms with Gasteiger partial charge >= 0.3 is 11.7 Å². The van der Waals surface area contributed by atoms with Gasteiger partial charge < -0.3 is 14.6 Å². The second-order valence-electron chi connectivity index (χ2n) is 3.90. The van der Waals surface area contributed by atoms with Gasteiger partial charge in [-0.25, -0.2) is 4.79 Å². The van der Waals surface area contributed by atoms with Crippen LogP contribution in [-0.2, 0) is 9.53 Å². The number of carbonyl (C=O) groups is 1. The fraction of sp³-hybridized carbons (Fsp3) is 0.143. The first-order valence-corrected chi connectivity index (χ1v) is 5.89. The lowest BCUT2D eigenvalue weighted by atomic mass is 10.1. The number of hydrogen-bond acceptors (Lipinski definition) is 7. The van der Waals surface area contributed by atoms with E-state index in [4.69, 9.17) is 14.7 Å². The molecule has 0 heterocycles. The lowest BCUT2D eigenvalue weighted by Gasteiger charge is -2.06. The van der Waals surface area contributed by atoms with Crippen molar-refractivity contribution in [2.45, 2.75) is 0 Å². The zero-order valence-corrected chi connectivity index (χ0v) is 11.6. The van der Waals surface area contributed by atoms with Crippen LogP contribution in [-0.4, -0.2) is 29.7 Å². The lowest BCUT2D eigenvalue weighted by molar-refractivity contribution is -0.386. The Morgan fingerprint density at radius 2 is 2.27 bits per heavy atom. The minimum atomic E-state index is -0.892. The first-order valence-electron chi connectivity index (χ1n) is 5.89. The Bertz CT molecular complexity index is 687. The topological polar surface area (TPSA) is 123 Å². The smallest absolute Gasteiger partial charge is 0.349 e. The second kappa shape index (κ2) is 7.44. The van der Waals surface area contributed by atoms with Crippen LogP contribution in [0.5, 0.6) is 11.5 Å². The maximum absolute atomic E-state index is 11.6. The molecule has 0 spiro atoms. The van der Waals surface area contributed by atoms with Crippen LogP contribution < -0.4 is 4.74 Å². The highest BCUT2D eigenvalue weighted by Gasteiger charge is 2.20. The van der Waals surface area contributed by atoms with Gasteiger partial charge in [0.15, 0.2) is 5.75 Å². The monoisotopic (exact) mass is 304 g/mol. The molecule has 0 atom stereocenters. The van der Waals surface area contributed by atoms with Gasteiger partial charge in [0.2, 0.25) is 5.75 Å². The van der Waals surface area contributed by atoms with Gasteiger partial charge in [-0.1, -0.05) is 12.7 Å². The highest BCUT2D eigenvalue weighted by atomic mass is 16.6. The highest BCUT2D eigenvalue weighted by Crippen LogP contribution is 2.37. The van der Waals surface area contributed by atoms with Crippen LogP contribution in [0.1, 0.15) is 5.56 Å². The van der Waals surface area contributed by atoms with E-state index in [-0.39, 0.29) is 23.5 Å². The number of benzene rings is 1. The van der Waals surface area contributed by atoms with Gasteiger partial charge in [-0.15, -0.1) is 0 Å². The molecule has 0 aliphatic rings. The summed E-state index contributed by atoms with van der Waals surface area (Å²) in [7, 11) is 1.22.